The van der Waals surface area contributed by atoms with Crippen LogP contribution in [0.25, 0.3) is 0 Å². The van der Waals surface area contributed by atoms with Crippen LogP contribution in [0.2, 0.25) is 0 Å². The summed E-state index contributed by atoms with van der Waals surface area (Å²) in [6.45, 7) is 3.06. The third-order valence-electron chi connectivity index (χ3n) is 3.08. The molecule has 0 aliphatic heterocycles. The lowest BCUT2D eigenvalue weighted by atomic mass is 9.99. The van der Waals surface area contributed by atoms with Crippen molar-refractivity contribution in [3.8, 4) is 6.07 Å². The number of hydrogen-bond donors (Lipinski definition) is 1. The molecule has 0 spiro atoms. The first kappa shape index (κ1) is 10.9. The van der Waals surface area contributed by atoms with Gasteiger partial charge in [0.05, 0.1) is 11.6 Å². The van der Waals surface area contributed by atoms with Crippen LogP contribution in [0, 0.1) is 11.3 Å². The highest BCUT2D eigenvalue weighted by molar-refractivity contribution is 5.32. The van der Waals surface area contributed by atoms with Gasteiger partial charge in [0.1, 0.15) is 0 Å². The van der Waals surface area contributed by atoms with E-state index in [1.54, 1.807) is 0 Å². The van der Waals surface area contributed by atoms with Crippen molar-refractivity contribution >= 4 is 0 Å². The van der Waals surface area contributed by atoms with Gasteiger partial charge in [0.2, 0.25) is 0 Å². The van der Waals surface area contributed by atoms with Gasteiger partial charge in [-0.1, -0.05) is 24.3 Å². The van der Waals surface area contributed by atoms with Crippen LogP contribution in [0.4, 0.5) is 0 Å². The van der Waals surface area contributed by atoms with Crippen LogP contribution in [0.5, 0.6) is 0 Å². The fourth-order valence-corrected chi connectivity index (χ4v) is 1.98. The summed E-state index contributed by atoms with van der Waals surface area (Å²) in [6, 6.07) is 9.93. The van der Waals surface area contributed by atoms with Crippen molar-refractivity contribution in [2.24, 2.45) is 0 Å². The molecule has 0 amide bonds. The summed E-state index contributed by atoms with van der Waals surface area (Å²) in [7, 11) is 0. The molecule has 0 radical (unpaired) electrons. The SMILES string of the molecule is CC1(NCc2cccc(C#N)c2)CC=CC1. The topological polar surface area (TPSA) is 35.8 Å². The molecule has 2 heteroatoms. The minimum atomic E-state index is 0.197. The Bertz CT molecular complexity index is 432. The minimum absolute atomic E-state index is 0.197. The Balaban J connectivity index is 1.97. The third kappa shape index (κ3) is 2.50. The monoisotopic (exact) mass is 212 g/mol. The summed E-state index contributed by atoms with van der Waals surface area (Å²) in [6.07, 6.45) is 6.62. The second-order valence-electron chi connectivity index (χ2n) is 4.61. The third-order valence-corrected chi connectivity index (χ3v) is 3.08. The lowest BCUT2D eigenvalue weighted by Gasteiger charge is -2.25. The number of nitrogens with one attached hydrogen (secondary N) is 1. The zero-order valence-corrected chi connectivity index (χ0v) is 9.53. The lowest BCUT2D eigenvalue weighted by molar-refractivity contribution is 0.375. The van der Waals surface area contributed by atoms with E-state index in [0.29, 0.717) is 0 Å². The Hall–Kier alpha value is -1.59. The van der Waals surface area contributed by atoms with Crippen LogP contribution in [-0.4, -0.2) is 5.54 Å². The van der Waals surface area contributed by atoms with Crippen LogP contribution in [0.1, 0.15) is 30.9 Å². The fourth-order valence-electron chi connectivity index (χ4n) is 1.98. The Morgan fingerprint density at radius 1 is 1.38 bits per heavy atom. The second-order valence-corrected chi connectivity index (χ2v) is 4.61. The van der Waals surface area contributed by atoms with Crippen LogP contribution < -0.4 is 5.32 Å². The van der Waals surface area contributed by atoms with E-state index in [4.69, 9.17) is 5.26 Å². The van der Waals surface area contributed by atoms with Gasteiger partial charge < -0.3 is 5.32 Å². The summed E-state index contributed by atoms with van der Waals surface area (Å²) < 4.78 is 0. The maximum Gasteiger partial charge on any atom is 0.0991 e. The van der Waals surface area contributed by atoms with Crippen LogP contribution in [-0.2, 0) is 6.54 Å². The second kappa shape index (κ2) is 4.51. The van der Waals surface area contributed by atoms with E-state index < -0.39 is 0 Å². The van der Waals surface area contributed by atoms with Gasteiger partial charge in [-0.3, -0.25) is 0 Å². The molecule has 0 bridgehead atoms. The molecular weight excluding hydrogens is 196 g/mol. The molecule has 0 heterocycles. The van der Waals surface area contributed by atoms with Gasteiger partial charge in [-0.05, 0) is 37.5 Å². The average Bonchev–Trinajstić information content (AvgIpc) is 2.75. The molecule has 0 atom stereocenters. The smallest absolute Gasteiger partial charge is 0.0991 e. The molecule has 1 N–H and O–H groups in total. The molecule has 0 unspecified atom stereocenters. The standard InChI is InChI=1S/C14H16N2/c1-14(7-2-3-8-14)16-11-13-6-4-5-12(9-13)10-15/h2-6,9,16H,7-8,11H2,1H3. The van der Waals surface area contributed by atoms with Crippen LogP contribution >= 0.6 is 0 Å². The van der Waals surface area contributed by atoms with E-state index in [1.165, 1.54) is 5.56 Å². The Morgan fingerprint density at radius 3 is 2.81 bits per heavy atom. The van der Waals surface area contributed by atoms with Crippen molar-refractivity contribution in [2.45, 2.75) is 31.8 Å². The summed E-state index contributed by atoms with van der Waals surface area (Å²) >= 11 is 0. The maximum atomic E-state index is 8.81. The van der Waals surface area contributed by atoms with E-state index in [0.717, 1.165) is 24.9 Å². The predicted molar refractivity (Wildman–Crippen MR) is 64.8 cm³/mol. The minimum Gasteiger partial charge on any atom is -0.307 e. The molecule has 0 fully saturated rings. The highest BCUT2D eigenvalue weighted by Crippen LogP contribution is 2.23. The largest absolute Gasteiger partial charge is 0.307 e. The molecule has 82 valence electrons. The van der Waals surface area contributed by atoms with Gasteiger partial charge in [-0.15, -0.1) is 0 Å². The Labute approximate surface area is 96.6 Å². The van der Waals surface area contributed by atoms with Gasteiger partial charge in [0.15, 0.2) is 0 Å². The molecule has 0 aromatic heterocycles. The first-order valence-electron chi connectivity index (χ1n) is 5.61. The van der Waals surface area contributed by atoms with Gasteiger partial charge in [-0.2, -0.15) is 5.26 Å². The first-order chi connectivity index (χ1) is 7.72. The molecule has 1 aromatic carbocycles. The zero-order chi connectivity index (χ0) is 11.4. The van der Waals surface area contributed by atoms with Gasteiger partial charge >= 0.3 is 0 Å². The summed E-state index contributed by atoms with van der Waals surface area (Å²) in [5, 5.41) is 12.4. The molecule has 0 saturated heterocycles. The first-order valence-corrected chi connectivity index (χ1v) is 5.61. The summed E-state index contributed by atoms with van der Waals surface area (Å²) in [5.41, 5.74) is 2.10. The molecule has 2 nitrogen and oxygen atoms in total. The van der Waals surface area contributed by atoms with Crippen molar-refractivity contribution < 1.29 is 0 Å². The molecule has 1 aromatic rings. The van der Waals surface area contributed by atoms with Crippen molar-refractivity contribution in [1.82, 2.24) is 5.32 Å². The molecule has 2 rings (SSSR count). The molecule has 1 aliphatic carbocycles. The number of hydrogen-bond acceptors (Lipinski definition) is 2. The molecule has 1 aliphatic rings. The van der Waals surface area contributed by atoms with Gasteiger partial charge in [0, 0.05) is 12.1 Å². The Kier molecular flexibility index (Phi) is 3.07. The fraction of sp³-hybridized carbons (Fsp3) is 0.357. The highest BCUT2D eigenvalue weighted by Gasteiger charge is 2.23. The van der Waals surface area contributed by atoms with E-state index in [2.05, 4.69) is 36.5 Å². The lowest BCUT2D eigenvalue weighted by Crippen LogP contribution is -2.39. The number of nitriles is 1. The maximum absolute atomic E-state index is 8.81. The predicted octanol–water partition coefficient (Wildman–Crippen LogP) is 2.76. The molecule has 16 heavy (non-hydrogen) atoms. The van der Waals surface area contributed by atoms with E-state index in [-0.39, 0.29) is 5.54 Å². The quantitative estimate of drug-likeness (QED) is 0.782. The number of nitrogens with zero attached hydrogens (tertiary/aromatic N) is 1. The van der Waals surface area contributed by atoms with E-state index >= 15 is 0 Å². The van der Waals surface area contributed by atoms with Crippen molar-refractivity contribution in [1.29, 1.82) is 5.26 Å². The highest BCUT2D eigenvalue weighted by atomic mass is 15.0. The van der Waals surface area contributed by atoms with E-state index in [9.17, 15) is 0 Å². The number of benzene rings is 1. The van der Waals surface area contributed by atoms with Crippen molar-refractivity contribution in [3.05, 3.63) is 47.5 Å². The van der Waals surface area contributed by atoms with Gasteiger partial charge in [-0.25, -0.2) is 0 Å². The van der Waals surface area contributed by atoms with Crippen LogP contribution in [0.3, 0.4) is 0 Å². The zero-order valence-electron chi connectivity index (χ0n) is 9.53. The summed E-state index contributed by atoms with van der Waals surface area (Å²) in [5.74, 6) is 0. The van der Waals surface area contributed by atoms with Crippen LogP contribution in [0.15, 0.2) is 36.4 Å². The van der Waals surface area contributed by atoms with E-state index in [1.807, 2.05) is 18.2 Å². The summed E-state index contributed by atoms with van der Waals surface area (Å²) in [4.78, 5) is 0. The average molecular weight is 212 g/mol. The van der Waals surface area contributed by atoms with Crippen molar-refractivity contribution in [3.63, 3.8) is 0 Å². The number of rotatable bonds is 3. The molecular formula is C14H16N2. The normalized spacial score (nSPS) is 17.2. The Morgan fingerprint density at radius 2 is 2.12 bits per heavy atom. The molecule has 0 saturated carbocycles. The van der Waals surface area contributed by atoms with Crippen molar-refractivity contribution in [2.75, 3.05) is 0 Å². The van der Waals surface area contributed by atoms with Gasteiger partial charge in [0.25, 0.3) is 0 Å².